The molecule has 0 aromatic heterocycles. The predicted octanol–water partition coefficient (Wildman–Crippen LogP) is 14.4. The van der Waals surface area contributed by atoms with Gasteiger partial charge in [0.2, 0.25) is 0 Å². The summed E-state index contributed by atoms with van der Waals surface area (Å²) in [5, 5.41) is 36.7. The number of nitrogens with two attached hydrogens (primary N) is 2. The molecule has 0 unspecified atom stereocenters. The van der Waals surface area contributed by atoms with Gasteiger partial charge in [-0.3, -0.25) is 41.0 Å². The van der Waals surface area contributed by atoms with Crippen molar-refractivity contribution in [3.8, 4) is 0 Å². The van der Waals surface area contributed by atoms with Crippen LogP contribution in [0.15, 0.2) is 72.8 Å². The van der Waals surface area contributed by atoms with Crippen molar-refractivity contribution in [1.29, 1.82) is 0 Å². The lowest BCUT2D eigenvalue weighted by Crippen LogP contribution is -2.44. The molecule has 85 heavy (non-hydrogen) atoms. The number of carbonyl (C=O) groups is 6. The summed E-state index contributed by atoms with van der Waals surface area (Å²) in [4.78, 5) is 99.7. The van der Waals surface area contributed by atoms with Gasteiger partial charge in [0.15, 0.2) is 0 Å². The predicted molar refractivity (Wildman–Crippen MR) is 303 cm³/mol. The molecule has 4 aromatic rings. The van der Waals surface area contributed by atoms with Gasteiger partial charge in [0.1, 0.15) is 73.9 Å². The minimum absolute atomic E-state index is 0.0311. The molecular formula is C54H72F4N8O19. The molecule has 470 valence electrons. The Kier molecular flexibility index (Phi) is 27.7. The summed E-state index contributed by atoms with van der Waals surface area (Å²) in [6.45, 7) is 29.6. The van der Waals surface area contributed by atoms with E-state index >= 15 is 0 Å². The maximum Gasteiger partial charge on any atom is 0.519 e. The number of nitro groups is 3. The molecule has 0 atom stereocenters. The first-order valence-corrected chi connectivity index (χ1v) is 24.8. The Morgan fingerprint density at radius 3 is 1.06 bits per heavy atom. The molecule has 0 spiro atoms. The van der Waals surface area contributed by atoms with Gasteiger partial charge in [-0.1, -0.05) is 0 Å². The molecule has 4 amide bonds. The van der Waals surface area contributed by atoms with Crippen molar-refractivity contribution in [2.75, 3.05) is 27.0 Å². The third-order valence-electron chi connectivity index (χ3n) is 8.10. The summed E-state index contributed by atoms with van der Waals surface area (Å²) in [6, 6.07) is 12.0. The highest BCUT2D eigenvalue weighted by molar-refractivity contribution is 6.11. The van der Waals surface area contributed by atoms with Gasteiger partial charge in [0.25, 0.3) is 17.1 Å². The molecule has 0 aliphatic rings. The van der Waals surface area contributed by atoms with Crippen molar-refractivity contribution in [1.82, 2.24) is 0 Å². The Bertz CT molecular complexity index is 2980. The monoisotopic (exact) mass is 1210 g/mol. The number of amides is 4. The SMILES string of the molecule is CC(C)(C)OC(=O)N(C(=O)OC(C)(C)C)c1ccc(F)cc1[N+](=O)[O-].CC(C)(C)OC(=O)Nc1ccc(F)cc1N.CC(C)(C)OC(=O)Nc1ccc(F)cc1[N+](=O)[O-].CC(C)(C)OC(=O)OC(=O)OC(C)(C)C.Nc1ccc(F)cc1[N+](=O)[O-]. The first kappa shape index (κ1) is 75.4. The van der Waals surface area contributed by atoms with Crippen LogP contribution in [0.4, 0.5) is 91.8 Å². The number of imide groups is 1. The van der Waals surface area contributed by atoms with Crippen LogP contribution in [0.5, 0.6) is 0 Å². The van der Waals surface area contributed by atoms with Gasteiger partial charge in [-0.25, -0.2) is 46.3 Å². The third kappa shape index (κ3) is 33.2. The quantitative estimate of drug-likeness (QED) is 0.0265. The standard InChI is InChI=1S/C16H21FN2O6.C11H13FN2O4.C11H15FN2O2.C10H18O5.C6H5FN2O2/c1-15(2,3)24-13(20)18(14(21)25-16(4,5)6)11-8-7-10(17)9-12(11)19(22)23;1-11(2,3)18-10(15)13-8-5-4-7(12)6-9(8)14(16)17;1-11(2,3)16-10(15)14-9-5-4-7(12)6-8(9)13;1-9(2,3)14-7(11)13-8(12)15-10(4,5)6;7-4-1-2-5(8)6(3-4)9(10)11/h7-9H,1-6H3;4-6H,1-3H3,(H,13,15);4-6H,13H2,1-3H3,(H,14,15);1-6H3;1-3H,8H2. The lowest BCUT2D eigenvalue weighted by molar-refractivity contribution is -0.384. The van der Waals surface area contributed by atoms with Gasteiger partial charge < -0.3 is 44.6 Å². The van der Waals surface area contributed by atoms with Gasteiger partial charge in [-0.05, 0) is 179 Å². The molecule has 0 fully saturated rings. The van der Waals surface area contributed by atoms with E-state index in [1.807, 2.05) is 0 Å². The summed E-state index contributed by atoms with van der Waals surface area (Å²) in [7, 11) is 0. The fraction of sp³-hybridized carbons (Fsp3) is 0.444. The molecule has 0 bridgehead atoms. The number of ether oxygens (including phenoxy) is 7. The van der Waals surface area contributed by atoms with E-state index in [2.05, 4.69) is 15.4 Å². The zero-order valence-corrected chi connectivity index (χ0v) is 50.1. The Balaban J connectivity index is 0.00000106. The van der Waals surface area contributed by atoms with Crippen molar-refractivity contribution in [3.05, 3.63) is 126 Å². The highest BCUT2D eigenvalue weighted by atomic mass is 19.1. The van der Waals surface area contributed by atoms with E-state index in [4.69, 9.17) is 39.9 Å². The second-order valence-electron chi connectivity index (χ2n) is 23.1. The van der Waals surface area contributed by atoms with Crippen LogP contribution < -0.4 is 27.0 Å². The lowest BCUT2D eigenvalue weighted by Gasteiger charge is -2.28. The van der Waals surface area contributed by atoms with Crippen LogP contribution in [0.3, 0.4) is 0 Å². The molecule has 0 heterocycles. The minimum atomic E-state index is -1.17. The fourth-order valence-electron chi connectivity index (χ4n) is 5.24. The van der Waals surface area contributed by atoms with E-state index < -0.39 is 131 Å². The first-order valence-electron chi connectivity index (χ1n) is 24.8. The fourth-order valence-corrected chi connectivity index (χ4v) is 5.24. The Labute approximate surface area is 486 Å². The van der Waals surface area contributed by atoms with E-state index in [9.17, 15) is 76.7 Å². The van der Waals surface area contributed by atoms with E-state index in [1.54, 1.807) is 125 Å². The third-order valence-corrected chi connectivity index (χ3v) is 8.10. The number of halogens is 4. The second-order valence-corrected chi connectivity index (χ2v) is 23.1. The number of carbonyl (C=O) groups excluding carboxylic acids is 6. The van der Waals surface area contributed by atoms with Gasteiger partial charge in [0, 0.05) is 0 Å². The van der Waals surface area contributed by atoms with Gasteiger partial charge >= 0.3 is 36.7 Å². The van der Waals surface area contributed by atoms with Crippen molar-refractivity contribution < 1.29 is 94.3 Å². The van der Waals surface area contributed by atoms with Crippen molar-refractivity contribution in [2.45, 2.75) is 158 Å². The van der Waals surface area contributed by atoms with Gasteiger partial charge in [-0.15, -0.1) is 0 Å². The molecule has 31 heteroatoms. The molecule has 27 nitrogen and oxygen atoms in total. The number of hydrogen-bond donors (Lipinski definition) is 4. The molecule has 0 aliphatic carbocycles. The summed E-state index contributed by atoms with van der Waals surface area (Å²) in [5.41, 5.74) is 4.27. The van der Waals surface area contributed by atoms with Crippen molar-refractivity contribution >= 4 is 82.2 Å². The summed E-state index contributed by atoms with van der Waals surface area (Å²) >= 11 is 0. The van der Waals surface area contributed by atoms with E-state index in [-0.39, 0.29) is 17.1 Å². The molecule has 0 saturated heterocycles. The molecule has 0 radical (unpaired) electrons. The second kappa shape index (κ2) is 31.2. The van der Waals surface area contributed by atoms with Crippen LogP contribution in [-0.2, 0) is 33.2 Å². The van der Waals surface area contributed by atoms with Crippen LogP contribution in [0.2, 0.25) is 0 Å². The average molecular weight is 1210 g/mol. The molecule has 0 saturated carbocycles. The molecule has 6 N–H and O–H groups in total. The number of nitrogens with one attached hydrogen (secondary N) is 2. The summed E-state index contributed by atoms with van der Waals surface area (Å²) in [6.07, 6.45) is -5.91. The number of benzene rings is 4. The van der Waals surface area contributed by atoms with Crippen molar-refractivity contribution in [2.24, 2.45) is 0 Å². The highest BCUT2D eigenvalue weighted by Gasteiger charge is 2.37. The van der Waals surface area contributed by atoms with Crippen LogP contribution in [0, 0.1) is 53.6 Å². The summed E-state index contributed by atoms with van der Waals surface area (Å²) in [5.74, 6) is -2.75. The Morgan fingerprint density at radius 1 is 0.412 bits per heavy atom. The summed E-state index contributed by atoms with van der Waals surface area (Å²) < 4.78 is 85.3. The van der Waals surface area contributed by atoms with Crippen LogP contribution in [-0.4, -0.2) is 85.1 Å². The smallest absolute Gasteiger partial charge is 0.444 e. The largest absolute Gasteiger partial charge is 0.519 e. The number of hydrogen-bond acceptors (Lipinski definition) is 21. The van der Waals surface area contributed by atoms with Crippen LogP contribution in [0.1, 0.15) is 125 Å². The van der Waals surface area contributed by atoms with E-state index in [1.165, 1.54) is 12.1 Å². The van der Waals surface area contributed by atoms with Gasteiger partial charge in [-0.2, -0.15) is 4.90 Å². The Hall–Kier alpha value is -9.58. The molecule has 0 aliphatic heterocycles. The van der Waals surface area contributed by atoms with E-state index in [0.29, 0.717) is 16.7 Å². The van der Waals surface area contributed by atoms with Gasteiger partial charge in [0.05, 0.1) is 44.3 Å². The molecular weight excluding hydrogens is 1140 g/mol. The maximum absolute atomic E-state index is 13.4. The zero-order valence-electron chi connectivity index (χ0n) is 50.1. The number of rotatable bonds is 6. The lowest BCUT2D eigenvalue weighted by atomic mass is 10.2. The normalized spacial score (nSPS) is 11.1. The van der Waals surface area contributed by atoms with Crippen molar-refractivity contribution in [3.63, 3.8) is 0 Å². The maximum atomic E-state index is 13.4. The minimum Gasteiger partial charge on any atom is -0.444 e. The molecule has 4 rings (SSSR count). The number of nitrogens with zero attached hydrogens (tertiary/aromatic N) is 4. The van der Waals surface area contributed by atoms with E-state index in [0.717, 1.165) is 54.6 Å². The Morgan fingerprint density at radius 2 is 0.718 bits per heavy atom. The number of anilines is 5. The first-order chi connectivity index (χ1) is 38.3. The number of nitrogen functional groups attached to an aromatic ring is 2. The topological polar surface area (TPSA) is 376 Å². The zero-order chi connectivity index (χ0) is 66.6. The number of nitro benzene ring substituents is 3. The van der Waals surface area contributed by atoms with Crippen LogP contribution >= 0.6 is 0 Å². The van der Waals surface area contributed by atoms with Crippen LogP contribution in [0.25, 0.3) is 0 Å². The highest BCUT2D eigenvalue weighted by Crippen LogP contribution is 2.32. The molecule has 4 aromatic carbocycles. The average Bonchev–Trinajstić information content (AvgIpc) is 3.50.